The molecule has 1 aromatic carbocycles. The zero-order valence-electron chi connectivity index (χ0n) is 11.3. The number of thioether (sulfide) groups is 1. The van der Waals surface area contributed by atoms with Gasteiger partial charge in [-0.1, -0.05) is 25.1 Å². The van der Waals surface area contributed by atoms with Crippen molar-refractivity contribution in [3.05, 3.63) is 41.8 Å². The van der Waals surface area contributed by atoms with Gasteiger partial charge in [-0.05, 0) is 24.2 Å². The molecule has 2 aliphatic rings. The van der Waals surface area contributed by atoms with Crippen LogP contribution in [0.5, 0.6) is 0 Å². The van der Waals surface area contributed by atoms with E-state index in [0.29, 0.717) is 17.3 Å². The van der Waals surface area contributed by atoms with Crippen molar-refractivity contribution in [2.24, 2.45) is 10.1 Å². The smallest absolute Gasteiger partial charge is 0.270 e. The van der Waals surface area contributed by atoms with Crippen LogP contribution in [-0.2, 0) is 6.42 Å². The molecule has 0 fully saturated rings. The maximum atomic E-state index is 13.3. The highest BCUT2D eigenvalue weighted by Gasteiger charge is 2.25. The lowest BCUT2D eigenvalue weighted by molar-refractivity contribution is 0.444. The van der Waals surface area contributed by atoms with Crippen molar-refractivity contribution in [3.63, 3.8) is 0 Å². The number of para-hydroxylation sites is 1. The number of hydrogen-bond acceptors (Lipinski definition) is 5. The van der Waals surface area contributed by atoms with Gasteiger partial charge in [-0.3, -0.25) is 5.01 Å². The first-order valence-corrected chi connectivity index (χ1v) is 7.55. The van der Waals surface area contributed by atoms with Gasteiger partial charge < -0.3 is 4.42 Å². The molecule has 0 amide bonds. The summed E-state index contributed by atoms with van der Waals surface area (Å²) in [5.41, 5.74) is 2.67. The van der Waals surface area contributed by atoms with Gasteiger partial charge in [0.1, 0.15) is 16.3 Å². The van der Waals surface area contributed by atoms with Crippen LogP contribution in [0.1, 0.15) is 18.2 Å². The average molecular weight is 301 g/mol. The molecular weight excluding hydrogens is 289 g/mol. The number of furan rings is 1. The van der Waals surface area contributed by atoms with Gasteiger partial charge in [-0.2, -0.15) is 4.39 Å². The Balaban J connectivity index is 1.88. The lowest BCUT2D eigenvalue weighted by Crippen LogP contribution is -2.27. The lowest BCUT2D eigenvalue weighted by Gasteiger charge is -2.24. The maximum absolute atomic E-state index is 13.3. The van der Waals surface area contributed by atoms with Gasteiger partial charge in [0.25, 0.3) is 5.30 Å². The van der Waals surface area contributed by atoms with Gasteiger partial charge in [-0.25, -0.2) is 4.99 Å². The first kappa shape index (κ1) is 12.6. The second-order valence-corrected chi connectivity index (χ2v) is 5.84. The Morgan fingerprint density at radius 1 is 1.38 bits per heavy atom. The predicted octanol–water partition coefficient (Wildman–Crippen LogP) is 4.00. The van der Waals surface area contributed by atoms with E-state index in [9.17, 15) is 4.39 Å². The Kier molecular flexibility index (Phi) is 2.85. The number of aliphatic imine (C=N–C) groups is 1. The number of rotatable bonds is 2. The van der Waals surface area contributed by atoms with Crippen molar-refractivity contribution in [2.45, 2.75) is 13.3 Å². The van der Waals surface area contributed by atoms with Crippen LogP contribution in [-0.4, -0.2) is 21.9 Å². The molecule has 0 saturated carbocycles. The van der Waals surface area contributed by atoms with Crippen molar-refractivity contribution in [3.8, 4) is 0 Å². The SMILES string of the molecule is CCc1c(C2=CN3CC(=N2)SC(F)=N3)oc2ccccc12. The summed E-state index contributed by atoms with van der Waals surface area (Å²) < 4.78 is 19.3. The van der Waals surface area contributed by atoms with E-state index in [1.54, 1.807) is 11.2 Å². The summed E-state index contributed by atoms with van der Waals surface area (Å²) in [5.74, 6) is 0.749. The molecule has 106 valence electrons. The van der Waals surface area contributed by atoms with Crippen LogP contribution in [0.2, 0.25) is 0 Å². The zero-order chi connectivity index (χ0) is 14.4. The number of aryl methyl sites for hydroxylation is 1. The number of halogens is 1. The zero-order valence-corrected chi connectivity index (χ0v) is 12.2. The molecule has 0 unspecified atom stereocenters. The van der Waals surface area contributed by atoms with Crippen molar-refractivity contribution in [1.82, 2.24) is 5.01 Å². The predicted molar refractivity (Wildman–Crippen MR) is 83.8 cm³/mol. The fourth-order valence-corrected chi connectivity index (χ4v) is 3.31. The number of benzene rings is 1. The minimum atomic E-state index is -0.476. The topological polar surface area (TPSA) is 41.1 Å². The molecule has 2 aliphatic heterocycles. The van der Waals surface area contributed by atoms with Gasteiger partial charge >= 0.3 is 0 Å². The van der Waals surface area contributed by atoms with Crippen molar-refractivity contribution < 1.29 is 8.81 Å². The summed E-state index contributed by atoms with van der Waals surface area (Å²) in [6.45, 7) is 2.61. The minimum absolute atomic E-state index is 0.476. The van der Waals surface area contributed by atoms with Gasteiger partial charge in [0.2, 0.25) is 0 Å². The average Bonchev–Trinajstić information content (AvgIpc) is 2.84. The Hall–Kier alpha value is -2.08. The van der Waals surface area contributed by atoms with Crippen LogP contribution in [0.25, 0.3) is 16.7 Å². The maximum Gasteiger partial charge on any atom is 0.270 e. The van der Waals surface area contributed by atoms with Gasteiger partial charge in [0.15, 0.2) is 5.76 Å². The molecule has 0 radical (unpaired) electrons. The number of fused-ring (bicyclic) bond motifs is 3. The number of hydrogen-bond donors (Lipinski definition) is 0. The quantitative estimate of drug-likeness (QED) is 0.842. The molecule has 0 spiro atoms. The van der Waals surface area contributed by atoms with Crippen molar-refractivity contribution >= 4 is 38.8 Å². The molecular formula is C15H12FN3OS. The molecule has 4 nitrogen and oxygen atoms in total. The second-order valence-electron chi connectivity index (χ2n) is 4.83. The molecule has 0 aliphatic carbocycles. The van der Waals surface area contributed by atoms with E-state index in [0.717, 1.165) is 40.5 Å². The largest absolute Gasteiger partial charge is 0.454 e. The summed E-state index contributed by atoms with van der Waals surface area (Å²) in [4.78, 5) is 4.51. The molecule has 6 heteroatoms. The Morgan fingerprint density at radius 3 is 3.05 bits per heavy atom. The normalized spacial score (nSPS) is 17.6. The van der Waals surface area contributed by atoms with E-state index in [2.05, 4.69) is 17.0 Å². The monoisotopic (exact) mass is 301 g/mol. The van der Waals surface area contributed by atoms with E-state index in [4.69, 9.17) is 4.42 Å². The Morgan fingerprint density at radius 2 is 2.24 bits per heavy atom. The summed E-state index contributed by atoms with van der Waals surface area (Å²) >= 11 is 0.969. The Bertz CT molecular complexity index is 821. The highest BCUT2D eigenvalue weighted by atomic mass is 32.2. The minimum Gasteiger partial charge on any atom is -0.454 e. The standard InChI is InChI=1S/C15H12FN3OS/c1-2-9-10-5-3-4-6-12(10)20-14(9)11-7-19-8-13(17-11)21-15(16)18-19/h3-7H,2,8H2,1H3. The molecule has 4 rings (SSSR count). The van der Waals surface area contributed by atoms with E-state index in [1.807, 2.05) is 24.3 Å². The van der Waals surface area contributed by atoms with E-state index >= 15 is 0 Å². The summed E-state index contributed by atoms with van der Waals surface area (Å²) in [5, 5.41) is 6.72. The molecule has 1 aromatic heterocycles. The van der Waals surface area contributed by atoms with E-state index in [-0.39, 0.29) is 0 Å². The second kappa shape index (κ2) is 4.73. The van der Waals surface area contributed by atoms with Crippen LogP contribution in [0.15, 0.2) is 45.0 Å². The van der Waals surface area contributed by atoms with Crippen LogP contribution >= 0.6 is 11.8 Å². The molecule has 3 heterocycles. The third-order valence-corrected chi connectivity index (χ3v) is 4.21. The third kappa shape index (κ3) is 2.06. The summed E-state index contributed by atoms with van der Waals surface area (Å²) in [6.07, 6.45) is 2.58. The number of nitrogens with zero attached hydrogens (tertiary/aromatic N) is 3. The van der Waals surface area contributed by atoms with Crippen LogP contribution in [0.4, 0.5) is 4.39 Å². The fourth-order valence-electron chi connectivity index (χ4n) is 2.63. The molecule has 2 bridgehead atoms. The first-order chi connectivity index (χ1) is 10.2. The van der Waals surface area contributed by atoms with Crippen LogP contribution in [0.3, 0.4) is 0 Å². The highest BCUT2D eigenvalue weighted by Crippen LogP contribution is 2.35. The summed E-state index contributed by atoms with van der Waals surface area (Å²) in [7, 11) is 0. The first-order valence-electron chi connectivity index (χ1n) is 6.73. The molecule has 0 saturated heterocycles. The highest BCUT2D eigenvalue weighted by molar-refractivity contribution is 8.26. The van der Waals surface area contributed by atoms with E-state index in [1.165, 1.54) is 0 Å². The van der Waals surface area contributed by atoms with Gasteiger partial charge in [0, 0.05) is 10.9 Å². The van der Waals surface area contributed by atoms with Gasteiger partial charge in [0.05, 0.1) is 12.7 Å². The van der Waals surface area contributed by atoms with Crippen molar-refractivity contribution in [1.29, 1.82) is 0 Å². The fraction of sp³-hybridized carbons (Fsp3) is 0.200. The lowest BCUT2D eigenvalue weighted by atomic mass is 10.1. The molecule has 0 N–H and O–H groups in total. The molecule has 21 heavy (non-hydrogen) atoms. The number of hydrazone groups is 1. The van der Waals surface area contributed by atoms with Gasteiger partial charge in [-0.15, -0.1) is 5.10 Å². The third-order valence-electron chi connectivity index (χ3n) is 3.51. The van der Waals surface area contributed by atoms with E-state index < -0.39 is 5.30 Å². The summed E-state index contributed by atoms with van der Waals surface area (Å²) in [6, 6.07) is 7.94. The Labute approximate surface area is 125 Å². The molecule has 2 aromatic rings. The molecule has 0 atom stereocenters. The van der Waals surface area contributed by atoms with Crippen LogP contribution < -0.4 is 0 Å². The van der Waals surface area contributed by atoms with Crippen LogP contribution in [0, 0.1) is 0 Å². The van der Waals surface area contributed by atoms with Crippen molar-refractivity contribution in [2.75, 3.05) is 6.54 Å².